The van der Waals surface area contributed by atoms with Gasteiger partial charge in [-0.05, 0) is 43.1 Å². The van der Waals surface area contributed by atoms with Gasteiger partial charge in [-0.1, -0.05) is 29.3 Å². The first kappa shape index (κ1) is 16.3. The Hall–Kier alpha value is -1.07. The maximum Gasteiger partial charge on any atom is 0.238 e. The Kier molecular flexibility index (Phi) is 5.65. The number of hydrogen-bond acceptors (Lipinski definition) is 3. The second-order valence-corrected chi connectivity index (χ2v) is 6.66. The van der Waals surface area contributed by atoms with Gasteiger partial charge in [0.1, 0.15) is 0 Å². The Morgan fingerprint density at radius 3 is 2.52 bits per heavy atom. The number of rotatable bonds is 5. The molecule has 1 aromatic heterocycles. The van der Waals surface area contributed by atoms with E-state index in [0.29, 0.717) is 15.7 Å². The highest BCUT2D eigenvalue weighted by atomic mass is 35.5. The van der Waals surface area contributed by atoms with E-state index >= 15 is 0 Å². The molecule has 1 amide bonds. The first-order chi connectivity index (χ1) is 9.97. The van der Waals surface area contributed by atoms with Crippen molar-refractivity contribution in [2.75, 3.05) is 18.9 Å². The summed E-state index contributed by atoms with van der Waals surface area (Å²) in [6.45, 7) is 3.09. The molecule has 6 heteroatoms. The number of carbonyl (C=O) groups excluding carboxylic acids is 1. The zero-order chi connectivity index (χ0) is 15.4. The van der Waals surface area contributed by atoms with Crippen molar-refractivity contribution in [3.05, 3.63) is 50.1 Å². The molecule has 2 aromatic rings. The lowest BCUT2D eigenvalue weighted by atomic mass is 10.3. The second-order valence-electron chi connectivity index (χ2n) is 4.84. The van der Waals surface area contributed by atoms with Gasteiger partial charge in [0.25, 0.3) is 0 Å². The first-order valence-electron chi connectivity index (χ1n) is 6.42. The van der Waals surface area contributed by atoms with E-state index in [0.717, 1.165) is 6.54 Å². The van der Waals surface area contributed by atoms with Crippen molar-refractivity contribution in [2.45, 2.75) is 13.5 Å². The van der Waals surface area contributed by atoms with Gasteiger partial charge in [0.05, 0.1) is 22.3 Å². The molecule has 2 rings (SSSR count). The van der Waals surface area contributed by atoms with Crippen molar-refractivity contribution in [3.63, 3.8) is 0 Å². The van der Waals surface area contributed by atoms with Crippen LogP contribution in [0.3, 0.4) is 0 Å². The predicted octanol–water partition coefficient (Wildman–Crippen LogP) is 4.43. The molecule has 1 N–H and O–H groups in total. The van der Waals surface area contributed by atoms with Crippen LogP contribution in [0.25, 0.3) is 0 Å². The number of thiophene rings is 1. The molecule has 1 heterocycles. The summed E-state index contributed by atoms with van der Waals surface area (Å²) >= 11 is 13.8. The molecule has 112 valence electrons. The molecule has 3 nitrogen and oxygen atoms in total. The molecule has 0 unspecified atom stereocenters. The van der Waals surface area contributed by atoms with Gasteiger partial charge < -0.3 is 5.32 Å². The van der Waals surface area contributed by atoms with E-state index in [4.69, 9.17) is 23.2 Å². The number of hydrogen-bond donors (Lipinski definition) is 1. The minimum absolute atomic E-state index is 0.137. The quantitative estimate of drug-likeness (QED) is 0.871. The number of carbonyl (C=O) groups is 1. The molecule has 0 saturated carbocycles. The van der Waals surface area contributed by atoms with E-state index in [2.05, 4.69) is 23.7 Å². The van der Waals surface area contributed by atoms with Crippen LogP contribution in [0.2, 0.25) is 10.0 Å². The lowest BCUT2D eigenvalue weighted by Crippen LogP contribution is -2.29. The van der Waals surface area contributed by atoms with Gasteiger partial charge in [-0.25, -0.2) is 0 Å². The average Bonchev–Trinajstić information content (AvgIpc) is 2.79. The number of aryl methyl sites for hydroxylation is 1. The smallest absolute Gasteiger partial charge is 0.238 e. The van der Waals surface area contributed by atoms with Crippen LogP contribution in [0.15, 0.2) is 29.6 Å². The molecule has 1 aromatic carbocycles. The number of halogens is 2. The Labute approximate surface area is 138 Å². The third-order valence-corrected chi connectivity index (χ3v) is 4.66. The fraction of sp³-hybridized carbons (Fsp3) is 0.267. The fourth-order valence-electron chi connectivity index (χ4n) is 1.91. The van der Waals surface area contributed by atoms with Crippen LogP contribution in [-0.4, -0.2) is 24.4 Å². The Bertz CT molecular complexity index is 622. The van der Waals surface area contributed by atoms with Crippen LogP contribution in [0.5, 0.6) is 0 Å². The summed E-state index contributed by atoms with van der Waals surface area (Å²) in [6.07, 6.45) is 0. The number of para-hydroxylation sites is 1. The maximum absolute atomic E-state index is 12.1. The number of likely N-dealkylation sites (N-methyl/N-ethyl adjacent to an activating group) is 1. The predicted molar refractivity (Wildman–Crippen MR) is 90.5 cm³/mol. The van der Waals surface area contributed by atoms with Crippen LogP contribution < -0.4 is 5.32 Å². The van der Waals surface area contributed by atoms with E-state index in [9.17, 15) is 4.79 Å². The highest BCUT2D eigenvalue weighted by molar-refractivity contribution is 7.10. The molecule has 0 fully saturated rings. The van der Waals surface area contributed by atoms with Crippen molar-refractivity contribution in [1.82, 2.24) is 4.90 Å². The average molecular weight is 343 g/mol. The molecular formula is C15H16Cl2N2OS. The zero-order valence-electron chi connectivity index (χ0n) is 11.8. The topological polar surface area (TPSA) is 32.3 Å². The van der Waals surface area contributed by atoms with E-state index < -0.39 is 0 Å². The summed E-state index contributed by atoms with van der Waals surface area (Å²) in [5, 5.41) is 5.70. The largest absolute Gasteiger partial charge is 0.322 e. The molecule has 0 bridgehead atoms. The SMILES string of the molecule is Cc1ccsc1CN(C)CC(=O)Nc1c(Cl)cccc1Cl. The highest BCUT2D eigenvalue weighted by Gasteiger charge is 2.12. The van der Waals surface area contributed by atoms with E-state index in [-0.39, 0.29) is 12.5 Å². The molecule has 0 aliphatic rings. The standard InChI is InChI=1S/C15H16Cl2N2OS/c1-10-6-7-21-13(10)8-19(2)9-14(20)18-15-11(16)4-3-5-12(15)17/h3-7H,8-9H2,1-2H3,(H,18,20). The molecule has 21 heavy (non-hydrogen) atoms. The minimum atomic E-state index is -0.137. The normalized spacial score (nSPS) is 10.9. The Morgan fingerprint density at radius 1 is 1.29 bits per heavy atom. The minimum Gasteiger partial charge on any atom is -0.322 e. The Balaban J connectivity index is 1.94. The second kappa shape index (κ2) is 7.27. The van der Waals surface area contributed by atoms with Crippen LogP contribution in [0.4, 0.5) is 5.69 Å². The van der Waals surface area contributed by atoms with Crippen molar-refractivity contribution < 1.29 is 4.79 Å². The summed E-state index contributed by atoms with van der Waals surface area (Å²) in [6, 6.07) is 7.22. The summed E-state index contributed by atoms with van der Waals surface area (Å²) in [5.74, 6) is -0.137. The van der Waals surface area contributed by atoms with E-state index in [1.54, 1.807) is 29.5 Å². The number of benzene rings is 1. The van der Waals surface area contributed by atoms with Gasteiger partial charge in [-0.15, -0.1) is 11.3 Å². The van der Waals surface area contributed by atoms with Crippen molar-refractivity contribution >= 4 is 46.1 Å². The number of nitrogens with zero attached hydrogens (tertiary/aromatic N) is 1. The summed E-state index contributed by atoms with van der Waals surface area (Å²) < 4.78 is 0. The van der Waals surface area contributed by atoms with Crippen LogP contribution in [0.1, 0.15) is 10.4 Å². The van der Waals surface area contributed by atoms with Crippen LogP contribution in [-0.2, 0) is 11.3 Å². The molecule has 0 aliphatic carbocycles. The third kappa shape index (κ3) is 4.45. The maximum atomic E-state index is 12.1. The van der Waals surface area contributed by atoms with Gasteiger partial charge in [0.15, 0.2) is 0 Å². The molecule has 0 atom stereocenters. The molecule has 0 aliphatic heterocycles. The summed E-state index contributed by atoms with van der Waals surface area (Å²) in [7, 11) is 1.91. The highest BCUT2D eigenvalue weighted by Crippen LogP contribution is 2.29. The fourth-order valence-corrected chi connectivity index (χ4v) is 3.39. The van der Waals surface area contributed by atoms with Gasteiger partial charge in [-0.2, -0.15) is 0 Å². The number of anilines is 1. The van der Waals surface area contributed by atoms with Crippen molar-refractivity contribution in [1.29, 1.82) is 0 Å². The van der Waals surface area contributed by atoms with E-state index in [1.807, 2.05) is 11.9 Å². The molecule has 0 radical (unpaired) electrons. The van der Waals surface area contributed by atoms with Gasteiger partial charge in [0.2, 0.25) is 5.91 Å². The van der Waals surface area contributed by atoms with Crippen LogP contribution >= 0.6 is 34.5 Å². The van der Waals surface area contributed by atoms with Crippen LogP contribution in [0, 0.1) is 6.92 Å². The summed E-state index contributed by atoms with van der Waals surface area (Å²) in [5.41, 5.74) is 1.72. The Morgan fingerprint density at radius 2 is 1.95 bits per heavy atom. The molecule has 0 spiro atoms. The van der Waals surface area contributed by atoms with Crippen molar-refractivity contribution in [3.8, 4) is 0 Å². The van der Waals surface area contributed by atoms with Gasteiger partial charge in [-0.3, -0.25) is 9.69 Å². The lowest BCUT2D eigenvalue weighted by molar-refractivity contribution is -0.117. The lowest BCUT2D eigenvalue weighted by Gasteiger charge is -2.16. The first-order valence-corrected chi connectivity index (χ1v) is 8.06. The summed E-state index contributed by atoms with van der Waals surface area (Å²) in [4.78, 5) is 15.3. The zero-order valence-corrected chi connectivity index (χ0v) is 14.1. The third-order valence-electron chi connectivity index (χ3n) is 3.02. The molecule has 0 saturated heterocycles. The monoisotopic (exact) mass is 342 g/mol. The number of nitrogens with one attached hydrogen (secondary N) is 1. The van der Waals surface area contributed by atoms with Gasteiger partial charge in [0, 0.05) is 11.4 Å². The molecular weight excluding hydrogens is 327 g/mol. The van der Waals surface area contributed by atoms with Gasteiger partial charge >= 0.3 is 0 Å². The van der Waals surface area contributed by atoms with Crippen molar-refractivity contribution in [2.24, 2.45) is 0 Å². The van der Waals surface area contributed by atoms with E-state index in [1.165, 1.54) is 10.4 Å². The number of amides is 1.